The van der Waals surface area contributed by atoms with Gasteiger partial charge < -0.3 is 0 Å². The molecule has 0 fully saturated rings. The van der Waals surface area contributed by atoms with Crippen molar-refractivity contribution in [1.82, 2.24) is 4.98 Å². The zero-order chi connectivity index (χ0) is 18.0. The normalized spacial score (nSPS) is 11.3. The van der Waals surface area contributed by atoms with Crippen LogP contribution < -0.4 is 0 Å². The van der Waals surface area contributed by atoms with E-state index in [1.165, 1.54) is 24.3 Å². The summed E-state index contributed by atoms with van der Waals surface area (Å²) in [5, 5.41) is 8.86. The van der Waals surface area contributed by atoms with Crippen LogP contribution in [0.3, 0.4) is 0 Å². The SMILES string of the molecule is N#Cc1c(F)c[c-]c(-c2cccc(C(F)c3ccc(Br)cc3)n2)c1F.[Pt]. The molecule has 1 unspecified atom stereocenters. The van der Waals surface area contributed by atoms with Crippen molar-refractivity contribution >= 4 is 15.9 Å². The standard InChI is InChI=1S/C19H9BrF3N2.Pt/c20-12-6-4-11(5-7-12)18(22)17-3-1-2-16(25-17)13-8-9-15(21)14(10-24)19(13)23;/h1-7,9,18H;/q-1;. The Labute approximate surface area is 171 Å². The molecule has 1 heterocycles. The van der Waals surface area contributed by atoms with Gasteiger partial charge in [0.2, 0.25) is 0 Å². The molecule has 2 nitrogen and oxygen atoms in total. The Balaban J connectivity index is 0.00000243. The third kappa shape index (κ3) is 4.06. The second kappa shape index (κ2) is 8.62. The van der Waals surface area contributed by atoms with Crippen LogP contribution in [0.15, 0.2) is 53.0 Å². The Hall–Kier alpha value is -1.96. The summed E-state index contributed by atoms with van der Waals surface area (Å²) in [6, 6.07) is 15.8. The zero-order valence-electron chi connectivity index (χ0n) is 12.9. The zero-order valence-corrected chi connectivity index (χ0v) is 16.8. The van der Waals surface area contributed by atoms with Crippen LogP contribution in [-0.2, 0) is 21.1 Å². The van der Waals surface area contributed by atoms with E-state index in [1.54, 1.807) is 24.3 Å². The van der Waals surface area contributed by atoms with E-state index in [0.29, 0.717) is 5.56 Å². The van der Waals surface area contributed by atoms with Crippen LogP contribution in [0.25, 0.3) is 11.3 Å². The van der Waals surface area contributed by atoms with Crippen LogP contribution in [0.1, 0.15) is 23.0 Å². The summed E-state index contributed by atoms with van der Waals surface area (Å²) in [6.07, 6.45) is -1.51. The molecular weight excluding hydrogens is 588 g/mol. The van der Waals surface area contributed by atoms with Gasteiger partial charge in [-0.2, -0.15) is 5.26 Å². The Morgan fingerprint density at radius 2 is 1.81 bits per heavy atom. The molecule has 7 heteroatoms. The average molecular weight is 597 g/mol. The van der Waals surface area contributed by atoms with Gasteiger partial charge in [0, 0.05) is 31.1 Å². The molecule has 26 heavy (non-hydrogen) atoms. The summed E-state index contributed by atoms with van der Waals surface area (Å²) in [6.45, 7) is 0. The van der Waals surface area contributed by atoms with Crippen LogP contribution in [0.2, 0.25) is 0 Å². The van der Waals surface area contributed by atoms with E-state index < -0.39 is 23.4 Å². The third-order valence-electron chi connectivity index (χ3n) is 3.58. The minimum Gasteiger partial charge on any atom is -0.298 e. The number of benzene rings is 2. The Bertz CT molecular complexity index is 972. The van der Waals surface area contributed by atoms with E-state index in [0.717, 1.165) is 10.5 Å². The molecule has 0 radical (unpaired) electrons. The number of alkyl halides is 1. The number of pyridine rings is 1. The quantitative estimate of drug-likeness (QED) is 0.374. The number of hydrogen-bond donors (Lipinski definition) is 0. The number of nitrogens with zero attached hydrogens (tertiary/aromatic N) is 2. The smallest absolute Gasteiger partial charge is 0.166 e. The minimum atomic E-state index is -1.51. The van der Waals surface area contributed by atoms with Crippen LogP contribution in [-0.4, -0.2) is 4.98 Å². The van der Waals surface area contributed by atoms with Crippen molar-refractivity contribution in [2.45, 2.75) is 6.17 Å². The molecule has 0 saturated heterocycles. The van der Waals surface area contributed by atoms with Crippen molar-refractivity contribution in [3.05, 3.63) is 87.5 Å². The average Bonchev–Trinajstić information content (AvgIpc) is 2.62. The monoisotopic (exact) mass is 596 g/mol. The summed E-state index contributed by atoms with van der Waals surface area (Å²) >= 11 is 3.28. The van der Waals surface area contributed by atoms with Crippen molar-refractivity contribution in [2.24, 2.45) is 0 Å². The number of aromatic nitrogens is 1. The fourth-order valence-corrected chi connectivity index (χ4v) is 2.59. The van der Waals surface area contributed by atoms with Gasteiger partial charge in [-0.3, -0.25) is 13.8 Å². The van der Waals surface area contributed by atoms with E-state index >= 15 is 0 Å². The topological polar surface area (TPSA) is 36.7 Å². The summed E-state index contributed by atoms with van der Waals surface area (Å²) in [7, 11) is 0. The molecule has 134 valence electrons. The molecule has 0 amide bonds. The molecule has 0 N–H and O–H groups in total. The first-order chi connectivity index (χ1) is 12.0. The first-order valence-electron chi connectivity index (χ1n) is 7.18. The van der Waals surface area contributed by atoms with E-state index in [4.69, 9.17) is 5.26 Å². The van der Waals surface area contributed by atoms with Gasteiger partial charge in [0.05, 0.1) is 23.4 Å². The van der Waals surface area contributed by atoms with Crippen molar-refractivity contribution in [3.8, 4) is 17.3 Å². The first kappa shape index (κ1) is 20.4. The molecule has 0 spiro atoms. The van der Waals surface area contributed by atoms with Gasteiger partial charge in [-0.05, 0) is 29.5 Å². The summed E-state index contributed by atoms with van der Waals surface area (Å²) in [4.78, 5) is 4.12. The maximum atomic E-state index is 14.7. The molecule has 0 aliphatic carbocycles. The van der Waals surface area contributed by atoms with E-state index in [1.807, 2.05) is 0 Å². The van der Waals surface area contributed by atoms with Crippen LogP contribution in [0.5, 0.6) is 0 Å². The van der Waals surface area contributed by atoms with E-state index in [9.17, 15) is 13.2 Å². The van der Waals surface area contributed by atoms with Gasteiger partial charge >= 0.3 is 0 Å². The van der Waals surface area contributed by atoms with E-state index in [-0.39, 0.29) is 38.0 Å². The molecule has 0 aliphatic rings. The van der Waals surface area contributed by atoms with Crippen molar-refractivity contribution in [1.29, 1.82) is 5.26 Å². The second-order valence-corrected chi connectivity index (χ2v) is 6.09. The van der Waals surface area contributed by atoms with Crippen molar-refractivity contribution in [3.63, 3.8) is 0 Å². The van der Waals surface area contributed by atoms with Gasteiger partial charge in [0.25, 0.3) is 0 Å². The molecule has 0 bridgehead atoms. The van der Waals surface area contributed by atoms with Gasteiger partial charge in [-0.25, -0.2) is 4.39 Å². The van der Waals surface area contributed by atoms with Gasteiger partial charge in [0.15, 0.2) is 6.17 Å². The molecule has 3 rings (SSSR count). The Morgan fingerprint density at radius 3 is 2.46 bits per heavy atom. The number of hydrogen-bond acceptors (Lipinski definition) is 2. The van der Waals surface area contributed by atoms with Gasteiger partial charge in [-0.15, -0.1) is 12.1 Å². The second-order valence-electron chi connectivity index (χ2n) is 5.17. The summed E-state index contributed by atoms with van der Waals surface area (Å²) < 4.78 is 43.2. The van der Waals surface area contributed by atoms with Gasteiger partial charge in [-0.1, -0.05) is 45.8 Å². The largest absolute Gasteiger partial charge is 0.298 e. The van der Waals surface area contributed by atoms with Crippen LogP contribution >= 0.6 is 15.9 Å². The Morgan fingerprint density at radius 1 is 1.12 bits per heavy atom. The van der Waals surface area contributed by atoms with E-state index in [2.05, 4.69) is 27.0 Å². The molecule has 0 saturated carbocycles. The predicted molar refractivity (Wildman–Crippen MR) is 90.2 cm³/mol. The number of halogens is 4. The predicted octanol–water partition coefficient (Wildman–Crippen LogP) is 5.52. The molecule has 3 aromatic rings. The maximum Gasteiger partial charge on any atom is 0.166 e. The van der Waals surface area contributed by atoms with Crippen molar-refractivity contribution in [2.75, 3.05) is 0 Å². The summed E-state index contributed by atoms with van der Waals surface area (Å²) in [5.41, 5.74) is -0.343. The molecule has 2 aromatic carbocycles. The fourth-order valence-electron chi connectivity index (χ4n) is 2.32. The molecule has 1 atom stereocenters. The molecule has 0 aliphatic heterocycles. The third-order valence-corrected chi connectivity index (χ3v) is 4.11. The molecular formula is C19H9BrF3N2Pt-. The minimum absolute atomic E-state index is 0. The Kier molecular flexibility index (Phi) is 6.74. The number of nitriles is 1. The molecule has 1 aromatic heterocycles. The fraction of sp³-hybridized carbons (Fsp3) is 0.0526. The maximum absolute atomic E-state index is 14.7. The summed E-state index contributed by atoms with van der Waals surface area (Å²) in [5.74, 6) is -2.07. The number of rotatable bonds is 3. The first-order valence-corrected chi connectivity index (χ1v) is 7.97. The van der Waals surface area contributed by atoms with Crippen LogP contribution in [0.4, 0.5) is 13.2 Å². The van der Waals surface area contributed by atoms with Crippen molar-refractivity contribution < 1.29 is 34.2 Å². The van der Waals surface area contributed by atoms with Crippen LogP contribution in [0, 0.1) is 29.0 Å². The van der Waals surface area contributed by atoms with Gasteiger partial charge in [0.1, 0.15) is 0 Å².